The Hall–Kier alpha value is -2.94. The van der Waals surface area contributed by atoms with Gasteiger partial charge >= 0.3 is 11.8 Å². The van der Waals surface area contributed by atoms with Crippen LogP contribution in [-0.2, 0) is 9.59 Å². The molecular weight excluding hydrogens is 352 g/mol. The van der Waals surface area contributed by atoms with Crippen molar-refractivity contribution in [3.63, 3.8) is 0 Å². The molecule has 4 rings (SSSR count). The first-order chi connectivity index (χ1) is 12.6. The predicted octanol–water partition coefficient (Wildman–Crippen LogP) is 2.29. The molecule has 1 fully saturated rings. The van der Waals surface area contributed by atoms with E-state index in [1.165, 1.54) is 12.4 Å². The zero-order valence-corrected chi connectivity index (χ0v) is 14.8. The number of amides is 2. The number of aromatic amines is 1. The fourth-order valence-corrected chi connectivity index (χ4v) is 4.18. The van der Waals surface area contributed by atoms with Gasteiger partial charge in [0.1, 0.15) is 5.82 Å². The van der Waals surface area contributed by atoms with Crippen molar-refractivity contribution in [2.24, 2.45) is 0 Å². The van der Waals surface area contributed by atoms with Crippen molar-refractivity contribution in [2.45, 2.75) is 25.3 Å². The van der Waals surface area contributed by atoms with Crippen molar-refractivity contribution < 1.29 is 9.59 Å². The maximum absolute atomic E-state index is 12.8. The fourth-order valence-electron chi connectivity index (χ4n) is 3.31. The highest BCUT2D eigenvalue weighted by atomic mass is 32.1. The summed E-state index contributed by atoms with van der Waals surface area (Å²) in [6.45, 7) is 0.578. The lowest BCUT2D eigenvalue weighted by atomic mass is 10.0. The molecule has 0 spiro atoms. The summed E-state index contributed by atoms with van der Waals surface area (Å²) in [5.74, 6) is -0.907. The molecule has 0 aromatic carbocycles. The van der Waals surface area contributed by atoms with Gasteiger partial charge in [-0.15, -0.1) is 11.3 Å². The van der Waals surface area contributed by atoms with Crippen molar-refractivity contribution in [3.05, 3.63) is 34.8 Å². The molecule has 4 N–H and O–H groups in total. The molecule has 2 amide bonds. The third kappa shape index (κ3) is 2.90. The molecule has 3 aromatic rings. The van der Waals surface area contributed by atoms with Crippen LogP contribution in [0.4, 0.5) is 11.5 Å². The molecule has 4 heterocycles. The van der Waals surface area contributed by atoms with E-state index in [0.717, 1.165) is 24.1 Å². The second-order valence-corrected chi connectivity index (χ2v) is 7.17. The van der Waals surface area contributed by atoms with Crippen LogP contribution in [0.5, 0.6) is 0 Å². The van der Waals surface area contributed by atoms with Crippen molar-refractivity contribution in [1.82, 2.24) is 20.1 Å². The van der Waals surface area contributed by atoms with Gasteiger partial charge in [0.2, 0.25) is 0 Å². The average Bonchev–Trinajstić information content (AvgIpc) is 3.35. The minimum Gasteiger partial charge on any atom is -0.383 e. The lowest BCUT2D eigenvalue weighted by molar-refractivity contribution is -0.145. The first-order valence-corrected chi connectivity index (χ1v) is 9.26. The molecule has 3 aromatic heterocycles. The van der Waals surface area contributed by atoms with Crippen LogP contribution in [0.2, 0.25) is 0 Å². The van der Waals surface area contributed by atoms with Gasteiger partial charge in [0.15, 0.2) is 0 Å². The molecule has 0 saturated carbocycles. The van der Waals surface area contributed by atoms with Gasteiger partial charge in [-0.2, -0.15) is 5.10 Å². The molecule has 26 heavy (non-hydrogen) atoms. The summed E-state index contributed by atoms with van der Waals surface area (Å²) in [6.07, 6.45) is 5.77. The number of pyridine rings is 1. The lowest BCUT2D eigenvalue weighted by Gasteiger charge is -2.34. The fraction of sp³-hybridized carbons (Fsp3) is 0.294. The summed E-state index contributed by atoms with van der Waals surface area (Å²) in [6, 6.07) is 3.93. The topological polar surface area (TPSA) is 117 Å². The summed E-state index contributed by atoms with van der Waals surface area (Å²) in [5.41, 5.74) is 6.72. The number of nitrogens with one attached hydrogen (secondary N) is 2. The molecule has 8 nitrogen and oxygen atoms in total. The van der Waals surface area contributed by atoms with Gasteiger partial charge in [0, 0.05) is 11.4 Å². The average molecular weight is 370 g/mol. The molecule has 1 aliphatic heterocycles. The van der Waals surface area contributed by atoms with E-state index >= 15 is 0 Å². The lowest BCUT2D eigenvalue weighted by Crippen LogP contribution is -2.44. The highest BCUT2D eigenvalue weighted by Gasteiger charge is 2.32. The first kappa shape index (κ1) is 16.5. The molecule has 9 heteroatoms. The van der Waals surface area contributed by atoms with E-state index in [2.05, 4.69) is 20.5 Å². The minimum atomic E-state index is -0.684. The number of piperidine rings is 1. The van der Waals surface area contributed by atoms with Gasteiger partial charge in [-0.1, -0.05) is 6.07 Å². The van der Waals surface area contributed by atoms with Crippen LogP contribution in [-0.4, -0.2) is 38.4 Å². The standard InChI is InChI=1S/C17H18N6O2S/c18-15-10-8-20-22-14(10)11(9-19-15)21-16(24)17(25)23-6-2-1-4-12(23)13-5-3-7-26-13/h3,5,7-9,12H,1-2,4,6H2,(H2,18,19)(H,20,22)(H,21,24)/t12-/m0/s1. The second-order valence-electron chi connectivity index (χ2n) is 6.20. The third-order valence-corrected chi connectivity index (χ3v) is 5.57. The van der Waals surface area contributed by atoms with Gasteiger partial charge in [-0.05, 0) is 30.7 Å². The Bertz CT molecular complexity index is 951. The normalized spacial score (nSPS) is 17.4. The number of carbonyl (C=O) groups excluding carboxylic acids is 2. The van der Waals surface area contributed by atoms with Crippen LogP contribution < -0.4 is 11.1 Å². The first-order valence-electron chi connectivity index (χ1n) is 8.38. The number of thiophene rings is 1. The van der Waals surface area contributed by atoms with Gasteiger partial charge < -0.3 is 16.0 Å². The summed E-state index contributed by atoms with van der Waals surface area (Å²) >= 11 is 1.61. The second kappa shape index (κ2) is 6.75. The SMILES string of the molecule is Nc1ncc(NC(=O)C(=O)N2CCCC[C@H]2c2cccs2)c2[nH]ncc12. The number of hydrogen-bond acceptors (Lipinski definition) is 6. The van der Waals surface area contributed by atoms with Crippen LogP contribution in [0.15, 0.2) is 29.9 Å². The maximum atomic E-state index is 12.8. The Morgan fingerprint density at radius 1 is 1.35 bits per heavy atom. The van der Waals surface area contributed by atoms with Gasteiger partial charge in [-0.25, -0.2) is 4.98 Å². The molecule has 1 aliphatic rings. The molecule has 134 valence electrons. The zero-order valence-electron chi connectivity index (χ0n) is 13.9. The number of hydrogen-bond donors (Lipinski definition) is 3. The number of carbonyl (C=O) groups is 2. The minimum absolute atomic E-state index is 0.0429. The van der Waals surface area contributed by atoms with E-state index in [0.29, 0.717) is 29.0 Å². The number of rotatable bonds is 2. The Morgan fingerprint density at radius 2 is 2.23 bits per heavy atom. The number of nitrogens with zero attached hydrogens (tertiary/aromatic N) is 3. The van der Waals surface area contributed by atoms with Crippen molar-refractivity contribution in [3.8, 4) is 0 Å². The highest BCUT2D eigenvalue weighted by molar-refractivity contribution is 7.10. The highest BCUT2D eigenvalue weighted by Crippen LogP contribution is 2.33. The van der Waals surface area contributed by atoms with Crippen LogP contribution >= 0.6 is 11.3 Å². The number of nitrogen functional groups attached to an aromatic ring is 1. The summed E-state index contributed by atoms with van der Waals surface area (Å²) in [5, 5.41) is 11.9. The number of fused-ring (bicyclic) bond motifs is 1. The Kier molecular flexibility index (Phi) is 4.29. The van der Waals surface area contributed by atoms with Crippen molar-refractivity contribution in [2.75, 3.05) is 17.6 Å². The molecular formula is C17H18N6O2S. The van der Waals surface area contributed by atoms with E-state index in [4.69, 9.17) is 5.73 Å². The number of nitrogens with two attached hydrogens (primary N) is 1. The number of aromatic nitrogens is 3. The molecule has 0 bridgehead atoms. The Morgan fingerprint density at radius 3 is 3.04 bits per heavy atom. The third-order valence-electron chi connectivity index (χ3n) is 4.60. The predicted molar refractivity (Wildman–Crippen MR) is 99.6 cm³/mol. The molecule has 1 saturated heterocycles. The van der Waals surface area contributed by atoms with E-state index in [-0.39, 0.29) is 6.04 Å². The van der Waals surface area contributed by atoms with Crippen LogP contribution in [0.25, 0.3) is 10.9 Å². The number of anilines is 2. The van der Waals surface area contributed by atoms with Gasteiger partial charge in [0.25, 0.3) is 0 Å². The van der Waals surface area contributed by atoms with Crippen LogP contribution in [0.3, 0.4) is 0 Å². The van der Waals surface area contributed by atoms with Gasteiger partial charge in [0.05, 0.1) is 35.0 Å². The molecule has 1 atom stereocenters. The van der Waals surface area contributed by atoms with Gasteiger partial charge in [-0.3, -0.25) is 14.7 Å². The number of H-pyrrole nitrogens is 1. The quantitative estimate of drug-likeness (QED) is 0.598. The summed E-state index contributed by atoms with van der Waals surface area (Å²) < 4.78 is 0. The smallest absolute Gasteiger partial charge is 0.314 e. The maximum Gasteiger partial charge on any atom is 0.314 e. The van der Waals surface area contributed by atoms with Crippen LogP contribution in [0, 0.1) is 0 Å². The number of likely N-dealkylation sites (tertiary alicyclic amines) is 1. The van der Waals surface area contributed by atoms with E-state index in [1.54, 1.807) is 16.2 Å². The van der Waals surface area contributed by atoms with E-state index in [9.17, 15) is 9.59 Å². The zero-order chi connectivity index (χ0) is 18.1. The largest absolute Gasteiger partial charge is 0.383 e. The van der Waals surface area contributed by atoms with Crippen molar-refractivity contribution >= 4 is 45.6 Å². The monoisotopic (exact) mass is 370 g/mol. The molecule has 0 radical (unpaired) electrons. The van der Waals surface area contributed by atoms with Crippen molar-refractivity contribution in [1.29, 1.82) is 0 Å². The molecule has 0 unspecified atom stereocenters. The summed E-state index contributed by atoms with van der Waals surface area (Å²) in [7, 11) is 0. The molecule has 0 aliphatic carbocycles. The summed E-state index contributed by atoms with van der Waals surface area (Å²) in [4.78, 5) is 32.2. The van der Waals surface area contributed by atoms with Crippen LogP contribution in [0.1, 0.15) is 30.2 Å². The van der Waals surface area contributed by atoms with E-state index < -0.39 is 11.8 Å². The Labute approximate surface area is 153 Å². The van der Waals surface area contributed by atoms with E-state index in [1.807, 2.05) is 17.5 Å². The Balaban J connectivity index is 1.56.